The molecule has 0 aliphatic carbocycles. The summed E-state index contributed by atoms with van der Waals surface area (Å²) in [7, 11) is -0.178. The zero-order valence-corrected chi connectivity index (χ0v) is 9.74. The van der Waals surface area contributed by atoms with Gasteiger partial charge in [0.05, 0.1) is 0 Å². The Labute approximate surface area is 83.1 Å². The summed E-state index contributed by atoms with van der Waals surface area (Å²) < 4.78 is 5.54. The van der Waals surface area contributed by atoms with Crippen LogP contribution in [0.4, 0.5) is 0 Å². The van der Waals surface area contributed by atoms with Crippen LogP contribution in [0.3, 0.4) is 0 Å². The van der Waals surface area contributed by atoms with Gasteiger partial charge < -0.3 is 4.43 Å². The second kappa shape index (κ2) is 6.86. The predicted molar refractivity (Wildman–Crippen MR) is 59.7 cm³/mol. The Kier molecular flexibility index (Phi) is 5.53. The highest BCUT2D eigenvalue weighted by molar-refractivity contribution is 6.26. The van der Waals surface area contributed by atoms with Crippen LogP contribution in [-0.4, -0.2) is 16.4 Å². The Balaban J connectivity index is 2.07. The Bertz CT molecular complexity index is 211. The molecular weight excluding hydrogens is 176 g/mol. The summed E-state index contributed by atoms with van der Waals surface area (Å²) in [4.78, 5) is 0. The summed E-state index contributed by atoms with van der Waals surface area (Å²) in [5.41, 5.74) is 1.42. The molecule has 0 fully saturated rings. The molecule has 2 heteroatoms. The van der Waals surface area contributed by atoms with Crippen molar-refractivity contribution in [3.05, 3.63) is 35.9 Å². The third-order valence-corrected chi connectivity index (χ3v) is 2.93. The number of aryl methyl sites for hydroxylation is 1. The summed E-state index contributed by atoms with van der Waals surface area (Å²) in [6.45, 7) is 3.15. The molecule has 0 unspecified atom stereocenters. The summed E-state index contributed by atoms with van der Waals surface area (Å²) in [5.74, 6) is 0. The van der Waals surface area contributed by atoms with E-state index in [1.807, 2.05) is 0 Å². The molecule has 0 N–H and O–H groups in total. The number of hydrogen-bond donors (Lipinski definition) is 0. The molecule has 1 rings (SSSR count). The lowest BCUT2D eigenvalue weighted by Crippen LogP contribution is -2.00. The molecule has 0 bridgehead atoms. The first-order valence-electron chi connectivity index (χ1n) is 5.05. The van der Waals surface area contributed by atoms with Crippen molar-refractivity contribution in [1.29, 1.82) is 0 Å². The second-order valence-corrected chi connectivity index (χ2v) is 5.02. The number of rotatable bonds is 6. The molecule has 0 saturated heterocycles. The van der Waals surface area contributed by atoms with Gasteiger partial charge in [-0.3, -0.25) is 0 Å². The van der Waals surface area contributed by atoms with Crippen LogP contribution in [0.15, 0.2) is 30.3 Å². The fourth-order valence-electron chi connectivity index (χ4n) is 1.27. The van der Waals surface area contributed by atoms with Crippen LogP contribution < -0.4 is 0 Å². The molecule has 0 heterocycles. The predicted octanol–water partition coefficient (Wildman–Crippen LogP) is 2.16. The minimum absolute atomic E-state index is 0.178. The molecule has 1 aromatic carbocycles. The maximum absolute atomic E-state index is 5.54. The first-order valence-corrected chi connectivity index (χ1v) is 6.63. The molecule has 0 aromatic heterocycles. The first-order chi connectivity index (χ1) is 6.43. The molecule has 0 aliphatic heterocycles. The minimum atomic E-state index is -0.178. The molecule has 72 valence electrons. The van der Waals surface area contributed by atoms with Gasteiger partial charge in [0.25, 0.3) is 0 Å². The van der Waals surface area contributed by atoms with Crippen LogP contribution in [-0.2, 0) is 10.8 Å². The van der Waals surface area contributed by atoms with E-state index < -0.39 is 0 Å². The van der Waals surface area contributed by atoms with Crippen molar-refractivity contribution in [3.63, 3.8) is 0 Å². The summed E-state index contributed by atoms with van der Waals surface area (Å²) >= 11 is 0. The lowest BCUT2D eigenvalue weighted by atomic mass is 10.1. The Hall–Kier alpha value is -0.603. The molecule has 0 atom stereocenters. The molecule has 1 nitrogen and oxygen atoms in total. The largest absolute Gasteiger partial charge is 0.424 e. The van der Waals surface area contributed by atoms with Gasteiger partial charge in [0.1, 0.15) is 0 Å². The van der Waals surface area contributed by atoms with Crippen LogP contribution in [0.5, 0.6) is 0 Å². The lowest BCUT2D eigenvalue weighted by Gasteiger charge is -2.02. The zero-order chi connectivity index (χ0) is 9.36. The molecule has 1 aromatic rings. The van der Waals surface area contributed by atoms with Crippen molar-refractivity contribution in [3.8, 4) is 0 Å². The molecular formula is C11H18OSi. The van der Waals surface area contributed by atoms with Crippen LogP contribution in [0.25, 0.3) is 0 Å². The third-order valence-electron chi connectivity index (χ3n) is 1.95. The van der Waals surface area contributed by atoms with E-state index in [9.17, 15) is 0 Å². The van der Waals surface area contributed by atoms with Gasteiger partial charge in [-0.05, 0) is 24.4 Å². The Morgan fingerprint density at radius 2 is 2.00 bits per heavy atom. The zero-order valence-electron chi connectivity index (χ0n) is 8.33. The van der Waals surface area contributed by atoms with E-state index in [1.54, 1.807) is 0 Å². The minimum Gasteiger partial charge on any atom is -0.424 e. The fraction of sp³-hybridized carbons (Fsp3) is 0.455. The van der Waals surface area contributed by atoms with Gasteiger partial charge in [-0.2, -0.15) is 0 Å². The van der Waals surface area contributed by atoms with E-state index in [0.29, 0.717) is 0 Å². The van der Waals surface area contributed by atoms with Gasteiger partial charge in [0.15, 0.2) is 9.76 Å². The lowest BCUT2D eigenvalue weighted by molar-refractivity contribution is 0.328. The number of benzene rings is 1. The van der Waals surface area contributed by atoms with E-state index in [2.05, 4.69) is 37.3 Å². The second-order valence-electron chi connectivity index (χ2n) is 3.20. The highest BCUT2D eigenvalue weighted by Gasteiger charge is 1.91. The van der Waals surface area contributed by atoms with E-state index >= 15 is 0 Å². The van der Waals surface area contributed by atoms with Gasteiger partial charge in [-0.25, -0.2) is 0 Å². The topological polar surface area (TPSA) is 9.23 Å². The first kappa shape index (κ1) is 10.5. The van der Waals surface area contributed by atoms with Crippen molar-refractivity contribution in [1.82, 2.24) is 0 Å². The van der Waals surface area contributed by atoms with Crippen molar-refractivity contribution in [2.24, 2.45) is 0 Å². The highest BCUT2D eigenvalue weighted by atomic mass is 28.2. The van der Waals surface area contributed by atoms with Gasteiger partial charge in [0.2, 0.25) is 0 Å². The maximum Gasteiger partial charge on any atom is 0.161 e. The highest BCUT2D eigenvalue weighted by Crippen LogP contribution is 2.01. The normalized spacial score (nSPS) is 11.2. The van der Waals surface area contributed by atoms with Crippen molar-refractivity contribution < 1.29 is 4.43 Å². The molecule has 13 heavy (non-hydrogen) atoms. The van der Waals surface area contributed by atoms with Crippen LogP contribution in [0.1, 0.15) is 18.9 Å². The quantitative estimate of drug-likeness (QED) is 0.498. The summed E-state index contributed by atoms with van der Waals surface area (Å²) in [5, 5.41) is 0. The van der Waals surface area contributed by atoms with Crippen LogP contribution >= 0.6 is 0 Å². The average molecular weight is 194 g/mol. The molecule has 0 aliphatic rings. The SMILES string of the molecule is CC[SiH2]OCCCc1ccccc1. The molecule has 0 saturated carbocycles. The van der Waals surface area contributed by atoms with Crippen molar-refractivity contribution in [2.45, 2.75) is 25.8 Å². The molecule has 0 spiro atoms. The van der Waals surface area contributed by atoms with Gasteiger partial charge in [0, 0.05) is 6.61 Å². The van der Waals surface area contributed by atoms with E-state index in [-0.39, 0.29) is 9.76 Å². The average Bonchev–Trinajstić information content (AvgIpc) is 2.19. The molecule has 0 amide bonds. The summed E-state index contributed by atoms with van der Waals surface area (Å²) in [6.07, 6.45) is 2.32. The van der Waals surface area contributed by atoms with Crippen LogP contribution in [0, 0.1) is 0 Å². The van der Waals surface area contributed by atoms with Gasteiger partial charge in [-0.15, -0.1) is 0 Å². The third kappa shape index (κ3) is 4.86. The molecule has 0 radical (unpaired) electrons. The van der Waals surface area contributed by atoms with Crippen molar-refractivity contribution in [2.75, 3.05) is 6.61 Å². The van der Waals surface area contributed by atoms with Gasteiger partial charge >= 0.3 is 0 Å². The fourth-order valence-corrected chi connectivity index (χ4v) is 1.97. The summed E-state index contributed by atoms with van der Waals surface area (Å²) in [6, 6.07) is 11.9. The van der Waals surface area contributed by atoms with Crippen LogP contribution in [0.2, 0.25) is 6.04 Å². The van der Waals surface area contributed by atoms with Crippen molar-refractivity contribution >= 4 is 9.76 Å². The smallest absolute Gasteiger partial charge is 0.161 e. The maximum atomic E-state index is 5.54. The van der Waals surface area contributed by atoms with E-state index in [0.717, 1.165) is 19.4 Å². The Morgan fingerprint density at radius 1 is 1.23 bits per heavy atom. The van der Waals surface area contributed by atoms with Gasteiger partial charge in [-0.1, -0.05) is 37.3 Å². The van der Waals surface area contributed by atoms with E-state index in [4.69, 9.17) is 4.43 Å². The number of hydrogen-bond acceptors (Lipinski definition) is 1. The Morgan fingerprint density at radius 3 is 2.69 bits per heavy atom. The monoisotopic (exact) mass is 194 g/mol. The standard InChI is InChI=1S/C11H18OSi/c1-2-13-12-10-6-9-11-7-4-3-5-8-11/h3-5,7-8H,2,6,9-10,13H2,1H3. The van der Waals surface area contributed by atoms with E-state index in [1.165, 1.54) is 11.6 Å².